The van der Waals surface area contributed by atoms with Crippen LogP contribution in [0.15, 0.2) is 24.3 Å². The van der Waals surface area contributed by atoms with Crippen LogP contribution in [0.3, 0.4) is 0 Å². The third-order valence-corrected chi connectivity index (χ3v) is 5.31. The Labute approximate surface area is 150 Å². The van der Waals surface area contributed by atoms with Crippen molar-refractivity contribution in [2.75, 3.05) is 46.4 Å². The summed E-state index contributed by atoms with van der Waals surface area (Å²) in [6.45, 7) is 9.88. The maximum absolute atomic E-state index is 12.6. The molecule has 0 radical (unpaired) electrons. The van der Waals surface area contributed by atoms with Gasteiger partial charge in [-0.05, 0) is 56.9 Å². The molecule has 0 saturated carbocycles. The van der Waals surface area contributed by atoms with Gasteiger partial charge in [-0.1, -0.05) is 0 Å². The van der Waals surface area contributed by atoms with Gasteiger partial charge in [0.05, 0.1) is 12.7 Å². The molecule has 0 aliphatic carbocycles. The van der Waals surface area contributed by atoms with Crippen LogP contribution in [0.25, 0.3) is 0 Å². The molecule has 2 heterocycles. The standard InChI is InChI=1S/C20H30N2O3/c1-20(2)14-16(8-13-25-20)15-21-9-11-22(12-10-21)19(23)17-4-6-18(24-3)7-5-17/h4-7,16H,8-15H2,1-3H3/t16-/m0/s1. The molecule has 1 aromatic rings. The van der Waals surface area contributed by atoms with Crippen LogP contribution in [0, 0.1) is 5.92 Å². The number of nitrogens with zero attached hydrogens (tertiary/aromatic N) is 2. The van der Waals surface area contributed by atoms with Crippen molar-refractivity contribution in [1.82, 2.24) is 9.80 Å². The molecule has 0 spiro atoms. The third kappa shape index (κ3) is 4.73. The van der Waals surface area contributed by atoms with Crippen LogP contribution in [-0.4, -0.2) is 67.7 Å². The molecule has 1 aromatic carbocycles. The second-order valence-corrected chi connectivity index (χ2v) is 7.79. The number of hydrogen-bond donors (Lipinski definition) is 0. The number of rotatable bonds is 4. The lowest BCUT2D eigenvalue weighted by atomic mass is 9.88. The number of piperazine rings is 1. The summed E-state index contributed by atoms with van der Waals surface area (Å²) in [6, 6.07) is 7.38. The molecular formula is C20H30N2O3. The number of methoxy groups -OCH3 is 1. The average Bonchev–Trinajstić information content (AvgIpc) is 2.61. The molecule has 1 atom stereocenters. The van der Waals surface area contributed by atoms with E-state index in [4.69, 9.17) is 9.47 Å². The van der Waals surface area contributed by atoms with E-state index in [9.17, 15) is 4.79 Å². The van der Waals surface area contributed by atoms with Gasteiger partial charge in [0.25, 0.3) is 5.91 Å². The van der Waals surface area contributed by atoms with E-state index in [0.717, 1.165) is 63.5 Å². The summed E-state index contributed by atoms with van der Waals surface area (Å²) in [6.07, 6.45) is 2.27. The highest BCUT2D eigenvalue weighted by Crippen LogP contribution is 2.29. The van der Waals surface area contributed by atoms with Crippen LogP contribution in [-0.2, 0) is 4.74 Å². The number of carbonyl (C=O) groups excluding carboxylic acids is 1. The summed E-state index contributed by atoms with van der Waals surface area (Å²) in [5, 5.41) is 0. The first-order valence-corrected chi connectivity index (χ1v) is 9.26. The van der Waals surface area contributed by atoms with E-state index in [1.165, 1.54) is 0 Å². The number of amides is 1. The van der Waals surface area contributed by atoms with Crippen molar-refractivity contribution in [3.63, 3.8) is 0 Å². The molecular weight excluding hydrogens is 316 g/mol. The first-order valence-electron chi connectivity index (χ1n) is 9.26. The fraction of sp³-hybridized carbons (Fsp3) is 0.650. The summed E-state index contributed by atoms with van der Waals surface area (Å²) in [5.74, 6) is 1.60. The molecule has 0 unspecified atom stereocenters. The van der Waals surface area contributed by atoms with Gasteiger partial charge in [-0.25, -0.2) is 0 Å². The van der Waals surface area contributed by atoms with Gasteiger partial charge in [-0.2, -0.15) is 0 Å². The third-order valence-electron chi connectivity index (χ3n) is 5.31. The van der Waals surface area contributed by atoms with E-state index < -0.39 is 0 Å². The molecule has 0 N–H and O–H groups in total. The fourth-order valence-electron chi connectivity index (χ4n) is 3.93. The molecule has 138 valence electrons. The van der Waals surface area contributed by atoms with Crippen LogP contribution in [0.5, 0.6) is 5.75 Å². The largest absolute Gasteiger partial charge is 0.497 e. The maximum Gasteiger partial charge on any atom is 0.253 e. The summed E-state index contributed by atoms with van der Waals surface area (Å²) in [7, 11) is 1.63. The van der Waals surface area contributed by atoms with Gasteiger partial charge in [0.15, 0.2) is 0 Å². The topological polar surface area (TPSA) is 42.0 Å². The second-order valence-electron chi connectivity index (χ2n) is 7.79. The maximum atomic E-state index is 12.6. The van der Waals surface area contributed by atoms with Crippen molar-refractivity contribution in [2.24, 2.45) is 5.92 Å². The van der Waals surface area contributed by atoms with Gasteiger partial charge < -0.3 is 14.4 Å². The van der Waals surface area contributed by atoms with Crippen LogP contribution in [0.4, 0.5) is 0 Å². The van der Waals surface area contributed by atoms with E-state index in [1.807, 2.05) is 29.2 Å². The fourth-order valence-corrected chi connectivity index (χ4v) is 3.93. The number of ether oxygens (including phenoxy) is 2. The molecule has 3 rings (SSSR count). The predicted molar refractivity (Wildman–Crippen MR) is 98.1 cm³/mol. The lowest BCUT2D eigenvalue weighted by molar-refractivity contribution is -0.0778. The van der Waals surface area contributed by atoms with Crippen LogP contribution in [0.2, 0.25) is 0 Å². The van der Waals surface area contributed by atoms with Crippen LogP contribution in [0.1, 0.15) is 37.0 Å². The Kier molecular flexibility index (Phi) is 5.64. The summed E-state index contributed by atoms with van der Waals surface area (Å²) in [4.78, 5) is 17.1. The van der Waals surface area contributed by atoms with Crippen molar-refractivity contribution in [3.05, 3.63) is 29.8 Å². The van der Waals surface area contributed by atoms with Gasteiger partial charge in [-0.3, -0.25) is 9.69 Å². The number of carbonyl (C=O) groups is 1. The zero-order chi connectivity index (χ0) is 17.9. The normalized spacial score (nSPS) is 24.1. The Morgan fingerprint density at radius 2 is 1.88 bits per heavy atom. The van der Waals surface area contributed by atoms with Gasteiger partial charge >= 0.3 is 0 Å². The molecule has 5 nitrogen and oxygen atoms in total. The Hall–Kier alpha value is -1.59. The van der Waals surface area contributed by atoms with E-state index in [0.29, 0.717) is 5.92 Å². The molecule has 2 fully saturated rings. The molecule has 25 heavy (non-hydrogen) atoms. The quantitative estimate of drug-likeness (QED) is 0.841. The number of benzene rings is 1. The SMILES string of the molecule is COc1ccc(C(=O)N2CCN(C[C@H]3CCOC(C)(C)C3)CC2)cc1. The van der Waals surface area contributed by atoms with Gasteiger partial charge in [-0.15, -0.1) is 0 Å². The van der Waals surface area contributed by atoms with E-state index >= 15 is 0 Å². The first kappa shape index (κ1) is 18.2. The molecule has 5 heteroatoms. The van der Waals surface area contributed by atoms with Gasteiger partial charge in [0.2, 0.25) is 0 Å². The Morgan fingerprint density at radius 1 is 1.20 bits per heavy atom. The minimum atomic E-state index is 0.00900. The van der Waals surface area contributed by atoms with E-state index in [-0.39, 0.29) is 11.5 Å². The van der Waals surface area contributed by atoms with Crippen molar-refractivity contribution in [3.8, 4) is 5.75 Å². The molecule has 1 amide bonds. The summed E-state index contributed by atoms with van der Waals surface area (Å²) < 4.78 is 11.0. The lowest BCUT2D eigenvalue weighted by Crippen LogP contribution is -2.50. The predicted octanol–water partition coefficient (Wildman–Crippen LogP) is 2.66. The van der Waals surface area contributed by atoms with Crippen molar-refractivity contribution >= 4 is 5.91 Å². The average molecular weight is 346 g/mol. The zero-order valence-electron chi connectivity index (χ0n) is 15.7. The monoisotopic (exact) mass is 346 g/mol. The van der Waals surface area contributed by atoms with Crippen LogP contribution >= 0.6 is 0 Å². The molecule has 0 bridgehead atoms. The highest BCUT2D eigenvalue weighted by Gasteiger charge is 2.31. The Bertz CT molecular complexity index is 577. The summed E-state index contributed by atoms with van der Waals surface area (Å²) >= 11 is 0. The minimum absolute atomic E-state index is 0.00900. The van der Waals surface area contributed by atoms with Crippen molar-refractivity contribution in [1.29, 1.82) is 0 Å². The minimum Gasteiger partial charge on any atom is -0.497 e. The molecule has 2 aliphatic heterocycles. The van der Waals surface area contributed by atoms with Crippen molar-refractivity contribution < 1.29 is 14.3 Å². The molecule has 2 aliphatic rings. The Balaban J connectivity index is 1.48. The highest BCUT2D eigenvalue weighted by atomic mass is 16.5. The Morgan fingerprint density at radius 3 is 2.48 bits per heavy atom. The van der Waals surface area contributed by atoms with Gasteiger partial charge in [0, 0.05) is 44.9 Å². The zero-order valence-corrected chi connectivity index (χ0v) is 15.7. The van der Waals surface area contributed by atoms with E-state index in [1.54, 1.807) is 7.11 Å². The first-order chi connectivity index (χ1) is 12.0. The lowest BCUT2D eigenvalue weighted by Gasteiger charge is -2.40. The second kappa shape index (κ2) is 7.75. The highest BCUT2D eigenvalue weighted by molar-refractivity contribution is 5.94. The van der Waals surface area contributed by atoms with Crippen molar-refractivity contribution in [2.45, 2.75) is 32.3 Å². The van der Waals surface area contributed by atoms with Crippen LogP contribution < -0.4 is 4.74 Å². The molecule has 2 saturated heterocycles. The molecule has 0 aromatic heterocycles. The number of hydrogen-bond acceptors (Lipinski definition) is 4. The summed E-state index contributed by atoms with van der Waals surface area (Å²) in [5.41, 5.74) is 0.746. The van der Waals surface area contributed by atoms with Gasteiger partial charge in [0.1, 0.15) is 5.75 Å². The van der Waals surface area contributed by atoms with E-state index in [2.05, 4.69) is 18.7 Å². The smallest absolute Gasteiger partial charge is 0.253 e.